The van der Waals surface area contributed by atoms with Crippen LogP contribution >= 0.6 is 11.6 Å². The summed E-state index contributed by atoms with van der Waals surface area (Å²) in [5.41, 5.74) is 0.428. The number of nitrogens with one attached hydrogen (secondary N) is 1. The molecule has 0 saturated heterocycles. The minimum atomic E-state index is -1.38. The van der Waals surface area contributed by atoms with E-state index in [1.165, 1.54) is 6.20 Å². The molecule has 2 aromatic carbocycles. The van der Waals surface area contributed by atoms with E-state index in [0.717, 1.165) is 39.3 Å². The van der Waals surface area contributed by atoms with Crippen molar-refractivity contribution in [2.24, 2.45) is 0 Å². The van der Waals surface area contributed by atoms with Crippen LogP contribution in [-0.2, 0) is 30.8 Å². The van der Waals surface area contributed by atoms with Gasteiger partial charge in [0, 0.05) is 54.6 Å². The maximum absolute atomic E-state index is 15.0. The second-order valence-corrected chi connectivity index (χ2v) is 11.8. The molecule has 4 aromatic heterocycles. The fourth-order valence-electron chi connectivity index (χ4n) is 6.09. The molecule has 2 bridgehead atoms. The zero-order valence-corrected chi connectivity index (χ0v) is 25.9. The van der Waals surface area contributed by atoms with Crippen molar-refractivity contribution in [1.82, 2.24) is 33.4 Å². The van der Waals surface area contributed by atoms with Crippen LogP contribution in [0.1, 0.15) is 30.4 Å². The van der Waals surface area contributed by atoms with Gasteiger partial charge in [-0.15, -0.1) is 0 Å². The number of anilines is 2. The van der Waals surface area contributed by atoms with Gasteiger partial charge in [-0.25, -0.2) is 27.3 Å². The van der Waals surface area contributed by atoms with E-state index < -0.39 is 35.4 Å². The van der Waals surface area contributed by atoms with Crippen molar-refractivity contribution < 1.29 is 17.9 Å². The van der Waals surface area contributed by atoms with Gasteiger partial charge in [0.05, 0.1) is 53.3 Å². The Morgan fingerprint density at radius 1 is 1.04 bits per heavy atom. The molecule has 0 aliphatic carbocycles. The molecule has 242 valence electrons. The summed E-state index contributed by atoms with van der Waals surface area (Å²) in [4.78, 5) is 36.6. The molecular formula is C32H28ClF3N8O3. The van der Waals surface area contributed by atoms with E-state index in [-0.39, 0.29) is 22.2 Å². The van der Waals surface area contributed by atoms with E-state index in [1.807, 2.05) is 23.0 Å². The molecule has 8 rings (SSSR count). The fourth-order valence-corrected chi connectivity index (χ4v) is 6.36. The van der Waals surface area contributed by atoms with Gasteiger partial charge in [0.2, 0.25) is 5.95 Å². The monoisotopic (exact) mass is 664 g/mol. The van der Waals surface area contributed by atoms with Crippen molar-refractivity contribution in [2.75, 3.05) is 19.0 Å². The van der Waals surface area contributed by atoms with E-state index >= 15 is 0 Å². The third-order valence-electron chi connectivity index (χ3n) is 8.38. The molecule has 0 fully saturated rings. The lowest BCUT2D eigenvalue weighted by molar-refractivity contribution is 0.184. The first-order valence-electron chi connectivity index (χ1n) is 15.0. The molecule has 0 unspecified atom stereocenters. The second-order valence-electron chi connectivity index (χ2n) is 11.4. The lowest BCUT2D eigenvalue weighted by Crippen LogP contribution is -2.42. The lowest BCUT2D eigenvalue weighted by atomic mass is 10.0. The summed E-state index contributed by atoms with van der Waals surface area (Å²) in [5.74, 6) is -4.01. The van der Waals surface area contributed by atoms with Gasteiger partial charge >= 0.3 is 11.4 Å². The molecule has 11 nitrogen and oxygen atoms in total. The molecule has 47 heavy (non-hydrogen) atoms. The smallest absolute Gasteiger partial charge is 0.359 e. The lowest BCUT2D eigenvalue weighted by Gasteiger charge is -2.19. The molecule has 0 amide bonds. The first-order chi connectivity index (χ1) is 22.7. The van der Waals surface area contributed by atoms with E-state index in [2.05, 4.69) is 20.4 Å². The molecule has 2 aliphatic heterocycles. The minimum Gasteiger partial charge on any atom is -0.383 e. The number of nitrogens with zero attached hydrogens (tertiary/aromatic N) is 7. The molecule has 6 heterocycles. The van der Waals surface area contributed by atoms with Gasteiger partial charge in [0.15, 0.2) is 11.6 Å². The topological polar surface area (TPSA) is 114 Å². The highest BCUT2D eigenvalue weighted by Gasteiger charge is 2.23. The summed E-state index contributed by atoms with van der Waals surface area (Å²) in [6.07, 6.45) is 9.77. The largest absolute Gasteiger partial charge is 0.383 e. The molecule has 0 atom stereocenters. The molecule has 0 spiro atoms. The predicted octanol–water partition coefficient (Wildman–Crippen LogP) is 5.33. The number of pyridine rings is 1. The van der Waals surface area contributed by atoms with Crippen LogP contribution in [0.15, 0.2) is 58.6 Å². The number of benzene rings is 2. The zero-order valence-electron chi connectivity index (χ0n) is 25.1. The van der Waals surface area contributed by atoms with Crippen LogP contribution < -0.4 is 16.7 Å². The fraction of sp³-hybridized carbons (Fsp3) is 0.281. The number of aryl methyl sites for hydroxylation is 2. The second kappa shape index (κ2) is 12.3. The van der Waals surface area contributed by atoms with E-state index in [4.69, 9.17) is 16.3 Å². The predicted molar refractivity (Wildman–Crippen MR) is 170 cm³/mol. The van der Waals surface area contributed by atoms with E-state index in [1.54, 1.807) is 24.1 Å². The third-order valence-corrected chi connectivity index (χ3v) is 8.68. The van der Waals surface area contributed by atoms with Crippen LogP contribution in [0.5, 0.6) is 0 Å². The van der Waals surface area contributed by atoms with Gasteiger partial charge in [0.1, 0.15) is 5.82 Å². The number of ether oxygens (including phenoxy) is 1. The highest BCUT2D eigenvalue weighted by Crippen LogP contribution is 2.36. The SMILES string of the molecule is COCCn1cc2c3c(c(Cl)cc2n1)Nc1nc(=O)n(c(=O)n1Cc1cc(F)c(F)cc1F)-c1cncc2ccn(c12)CCCCC3. The Morgan fingerprint density at radius 2 is 1.87 bits per heavy atom. The number of aromatic nitrogens is 7. The normalized spacial score (nSPS) is 13.5. The summed E-state index contributed by atoms with van der Waals surface area (Å²) in [5, 5.41) is 9.49. The standard InChI is InChI=1S/C32H28ClF3N8O3/c1-47-10-9-42-17-21-20-5-3-2-4-7-41-8-6-18-14-37-15-27(29(18)41)44-31(45)39-30(38-28(20)22(33)12-26(21)40-42)43(32(44)46)16-19-11-24(35)25(36)13-23(19)34/h6,8,11-15,17H,2-5,7,9-10,16H2,1H3,(H,38,39,45). The van der Waals surface area contributed by atoms with Crippen molar-refractivity contribution in [2.45, 2.75) is 45.3 Å². The highest BCUT2D eigenvalue weighted by atomic mass is 35.5. The number of hydrogen-bond donors (Lipinski definition) is 1. The number of hydrogen-bond acceptors (Lipinski definition) is 7. The van der Waals surface area contributed by atoms with Crippen LogP contribution in [0.3, 0.4) is 0 Å². The van der Waals surface area contributed by atoms with E-state index in [9.17, 15) is 22.8 Å². The maximum atomic E-state index is 15.0. The quantitative estimate of drug-likeness (QED) is 0.248. The first kappa shape index (κ1) is 30.7. The highest BCUT2D eigenvalue weighted by molar-refractivity contribution is 6.34. The Kier molecular flexibility index (Phi) is 8.06. The minimum absolute atomic E-state index is 0.180. The molecule has 0 saturated carbocycles. The van der Waals surface area contributed by atoms with Gasteiger partial charge in [-0.2, -0.15) is 10.1 Å². The molecular weight excluding hydrogens is 637 g/mol. The average molecular weight is 665 g/mol. The Bertz CT molecular complexity index is 2290. The number of rotatable bonds is 5. The number of methoxy groups -OCH3 is 1. The summed E-state index contributed by atoms with van der Waals surface area (Å²) < 4.78 is 53.9. The van der Waals surface area contributed by atoms with Gasteiger partial charge < -0.3 is 14.6 Å². The Balaban J connectivity index is 1.48. The summed E-state index contributed by atoms with van der Waals surface area (Å²) in [7, 11) is 1.60. The van der Waals surface area contributed by atoms with Gasteiger partial charge in [-0.1, -0.05) is 18.0 Å². The van der Waals surface area contributed by atoms with Crippen LogP contribution in [0.4, 0.5) is 24.8 Å². The molecule has 2 aliphatic rings. The number of halogens is 4. The van der Waals surface area contributed by atoms with Crippen LogP contribution in [0.2, 0.25) is 5.02 Å². The van der Waals surface area contributed by atoms with Gasteiger partial charge in [-0.3, -0.25) is 14.2 Å². The molecule has 1 N–H and O–H groups in total. The molecule has 15 heteroatoms. The summed E-state index contributed by atoms with van der Waals surface area (Å²) in [6.45, 7) is 0.955. The zero-order chi connectivity index (χ0) is 32.8. The maximum Gasteiger partial charge on any atom is 0.359 e. The van der Waals surface area contributed by atoms with E-state index in [0.29, 0.717) is 60.4 Å². The summed E-state index contributed by atoms with van der Waals surface area (Å²) >= 11 is 6.84. The van der Waals surface area contributed by atoms with Crippen LogP contribution in [-0.4, -0.2) is 47.2 Å². The molecule has 6 aromatic rings. The van der Waals surface area contributed by atoms with Crippen molar-refractivity contribution in [1.29, 1.82) is 0 Å². The van der Waals surface area contributed by atoms with Crippen LogP contribution in [0, 0.1) is 17.5 Å². The van der Waals surface area contributed by atoms with Gasteiger partial charge in [-0.05, 0) is 43.0 Å². The third kappa shape index (κ3) is 5.57. The Morgan fingerprint density at radius 3 is 2.70 bits per heavy atom. The average Bonchev–Trinajstić information content (AvgIpc) is 3.65. The van der Waals surface area contributed by atoms with Gasteiger partial charge in [0.25, 0.3) is 0 Å². The number of fused-ring (bicyclic) bond motifs is 7. The summed E-state index contributed by atoms with van der Waals surface area (Å²) in [6, 6.07) is 4.59. The van der Waals surface area contributed by atoms with Crippen molar-refractivity contribution >= 4 is 45.0 Å². The molecule has 0 radical (unpaired) electrons. The first-order valence-corrected chi connectivity index (χ1v) is 15.4. The van der Waals surface area contributed by atoms with Crippen LogP contribution in [0.25, 0.3) is 27.5 Å². The van der Waals surface area contributed by atoms with Crippen molar-refractivity contribution in [3.8, 4) is 5.69 Å². The van der Waals surface area contributed by atoms with Crippen molar-refractivity contribution in [3.05, 3.63) is 104 Å². The Hall–Kier alpha value is -4.95. The van der Waals surface area contributed by atoms with Crippen molar-refractivity contribution in [3.63, 3.8) is 0 Å². The Labute approximate surface area is 269 Å².